The Morgan fingerprint density at radius 2 is 1.77 bits per heavy atom. The Morgan fingerprint density at radius 1 is 1.12 bits per heavy atom. The molecule has 0 aliphatic rings. The lowest BCUT2D eigenvalue weighted by atomic mass is 9.89. The van der Waals surface area contributed by atoms with E-state index in [2.05, 4.69) is 0 Å². The van der Waals surface area contributed by atoms with Crippen LogP contribution in [0.5, 0.6) is 0 Å². The van der Waals surface area contributed by atoms with E-state index in [4.69, 9.17) is 9.15 Å². The number of rotatable bonds is 8. The molecule has 140 valence electrons. The summed E-state index contributed by atoms with van der Waals surface area (Å²) in [7, 11) is 0. The van der Waals surface area contributed by atoms with Crippen LogP contribution in [0.2, 0.25) is 0 Å². The van der Waals surface area contributed by atoms with Crippen LogP contribution in [0.3, 0.4) is 0 Å². The fourth-order valence-electron chi connectivity index (χ4n) is 3.32. The Kier molecular flexibility index (Phi) is 6.92. The predicted molar refractivity (Wildman–Crippen MR) is 102 cm³/mol. The second-order valence-corrected chi connectivity index (χ2v) is 6.87. The molecule has 0 saturated heterocycles. The first-order valence-electron chi connectivity index (χ1n) is 9.14. The van der Waals surface area contributed by atoms with E-state index in [-0.39, 0.29) is 23.4 Å². The van der Waals surface area contributed by atoms with Crippen LogP contribution in [0.4, 0.5) is 0 Å². The Labute approximate surface area is 155 Å². The zero-order valence-corrected chi connectivity index (χ0v) is 16.2. The van der Waals surface area contributed by atoms with E-state index in [0.29, 0.717) is 35.7 Å². The van der Waals surface area contributed by atoms with Gasteiger partial charge in [-0.2, -0.15) is 0 Å². The summed E-state index contributed by atoms with van der Waals surface area (Å²) in [6.45, 7) is 9.74. The van der Waals surface area contributed by atoms with Crippen LogP contribution in [-0.2, 0) is 22.6 Å². The van der Waals surface area contributed by atoms with E-state index in [1.54, 1.807) is 13.8 Å². The zero-order chi connectivity index (χ0) is 19.3. The molecule has 3 atom stereocenters. The Hall–Kier alpha value is -2.20. The van der Waals surface area contributed by atoms with Gasteiger partial charge in [0.15, 0.2) is 5.43 Å². The van der Waals surface area contributed by atoms with Crippen LogP contribution < -0.4 is 5.43 Å². The van der Waals surface area contributed by atoms with Crippen molar-refractivity contribution in [1.82, 2.24) is 0 Å². The average Bonchev–Trinajstić information content (AvgIpc) is 2.67. The average molecular weight is 356 g/mol. The van der Waals surface area contributed by atoms with Crippen molar-refractivity contribution in [1.29, 1.82) is 0 Å². The van der Waals surface area contributed by atoms with Crippen molar-refractivity contribution < 1.29 is 13.9 Å². The highest BCUT2D eigenvalue weighted by molar-refractivity contribution is 5.54. The minimum atomic E-state index is -0.373. The molecule has 0 radical (unpaired) electrons. The first-order chi connectivity index (χ1) is 12.4. The molecule has 26 heavy (non-hydrogen) atoms. The summed E-state index contributed by atoms with van der Waals surface area (Å²) in [6, 6.07) is 9.83. The topological polar surface area (TPSA) is 56.5 Å². The highest BCUT2D eigenvalue weighted by Crippen LogP contribution is 2.29. The van der Waals surface area contributed by atoms with Crippen molar-refractivity contribution in [3.8, 4) is 0 Å². The fraction of sp³-hybridized carbons (Fsp3) is 0.455. The third-order valence-electron chi connectivity index (χ3n) is 4.95. The largest absolute Gasteiger partial charge is 0.465 e. The molecule has 1 heterocycles. The highest BCUT2D eigenvalue weighted by atomic mass is 16.5. The number of carbonyl (C=O) groups is 1. The number of ether oxygens (including phenoxy) is 1. The molecule has 4 nitrogen and oxygen atoms in total. The van der Waals surface area contributed by atoms with Gasteiger partial charge in [-0.1, -0.05) is 51.1 Å². The van der Waals surface area contributed by atoms with Gasteiger partial charge in [-0.25, -0.2) is 0 Å². The number of aryl methyl sites for hydroxylation is 1. The second-order valence-electron chi connectivity index (χ2n) is 6.87. The first-order valence-corrected chi connectivity index (χ1v) is 9.14. The molecule has 0 N–H and O–H groups in total. The van der Waals surface area contributed by atoms with Crippen LogP contribution in [0.25, 0.3) is 0 Å². The minimum Gasteiger partial charge on any atom is -0.465 e. The number of hydrogen-bond donors (Lipinski definition) is 0. The van der Waals surface area contributed by atoms with Crippen molar-refractivity contribution in [3.63, 3.8) is 0 Å². The summed E-state index contributed by atoms with van der Waals surface area (Å²) < 4.78 is 12.2. The summed E-state index contributed by atoms with van der Waals surface area (Å²) in [6.07, 6.45) is 1.18. The van der Waals surface area contributed by atoms with Crippen molar-refractivity contribution in [2.24, 2.45) is 5.92 Å². The van der Waals surface area contributed by atoms with E-state index in [9.17, 15) is 9.59 Å². The van der Waals surface area contributed by atoms with Gasteiger partial charge in [-0.15, -0.1) is 0 Å². The molecular weight excluding hydrogens is 328 g/mol. The highest BCUT2D eigenvalue weighted by Gasteiger charge is 2.30. The molecule has 1 aromatic carbocycles. The van der Waals surface area contributed by atoms with Crippen LogP contribution >= 0.6 is 0 Å². The first kappa shape index (κ1) is 20.1. The lowest BCUT2D eigenvalue weighted by Gasteiger charge is -2.27. The zero-order valence-electron chi connectivity index (χ0n) is 16.2. The Morgan fingerprint density at radius 3 is 2.35 bits per heavy atom. The Bertz CT molecular complexity index is 792. The number of carbonyl (C=O) groups excluding carboxylic acids is 1. The fourth-order valence-corrected chi connectivity index (χ4v) is 3.32. The lowest BCUT2D eigenvalue weighted by Crippen LogP contribution is -2.30. The minimum absolute atomic E-state index is 0.00974. The van der Waals surface area contributed by atoms with Crippen LogP contribution in [-0.4, -0.2) is 12.4 Å². The van der Waals surface area contributed by atoms with Gasteiger partial charge in [0.2, 0.25) is 0 Å². The molecular formula is C22H28O4. The lowest BCUT2D eigenvalue weighted by molar-refractivity contribution is -0.116. The predicted octanol–water partition coefficient (Wildman–Crippen LogP) is 4.34. The molecule has 0 aliphatic carbocycles. The normalized spacial score (nSPS) is 14.7. The van der Waals surface area contributed by atoms with Crippen LogP contribution in [0.1, 0.15) is 54.9 Å². The van der Waals surface area contributed by atoms with Crippen molar-refractivity contribution in [2.75, 3.05) is 0 Å². The maximum Gasteiger partial charge on any atom is 0.191 e. The van der Waals surface area contributed by atoms with Gasteiger partial charge < -0.3 is 13.9 Å². The van der Waals surface area contributed by atoms with E-state index in [0.717, 1.165) is 11.8 Å². The van der Waals surface area contributed by atoms with Crippen molar-refractivity contribution in [3.05, 3.63) is 68.8 Å². The van der Waals surface area contributed by atoms with E-state index in [1.807, 2.05) is 51.1 Å². The van der Waals surface area contributed by atoms with Gasteiger partial charge >= 0.3 is 0 Å². The van der Waals surface area contributed by atoms with Gasteiger partial charge in [0.25, 0.3) is 0 Å². The van der Waals surface area contributed by atoms with E-state index in [1.165, 1.54) is 0 Å². The molecule has 0 aliphatic heterocycles. The Balaban J connectivity index is 2.34. The van der Waals surface area contributed by atoms with Crippen LogP contribution in [0, 0.1) is 19.8 Å². The summed E-state index contributed by atoms with van der Waals surface area (Å²) in [5, 5.41) is 0. The summed E-state index contributed by atoms with van der Waals surface area (Å²) >= 11 is 0. The molecule has 4 heteroatoms. The van der Waals surface area contributed by atoms with E-state index >= 15 is 0 Å². The third kappa shape index (κ3) is 4.31. The molecule has 1 aromatic heterocycles. The van der Waals surface area contributed by atoms with Gasteiger partial charge in [-0.05, 0) is 19.4 Å². The molecule has 2 aromatic rings. The SMILES string of the molecule is CCc1oc([C@H](C)[C@H](OCc2ccccc2)[C@@H](C)C=O)c(C)c(=O)c1C. The van der Waals surface area contributed by atoms with Crippen LogP contribution in [0.15, 0.2) is 39.5 Å². The maximum atomic E-state index is 12.5. The van der Waals surface area contributed by atoms with Gasteiger partial charge in [-0.3, -0.25) is 4.79 Å². The monoisotopic (exact) mass is 356 g/mol. The molecule has 0 fully saturated rings. The summed E-state index contributed by atoms with van der Waals surface area (Å²) in [4.78, 5) is 24.0. The van der Waals surface area contributed by atoms with Gasteiger partial charge in [0.05, 0.1) is 12.7 Å². The maximum absolute atomic E-state index is 12.5. The molecule has 0 unspecified atom stereocenters. The standard InChI is InChI=1S/C22H28O4/c1-6-19-15(3)20(24)16(4)22(26-19)17(5)21(14(2)12-23)25-13-18-10-8-7-9-11-18/h7-12,14,17,21H,6,13H2,1-5H3/t14-,17+,21+/m0/s1. The molecule has 0 saturated carbocycles. The van der Waals surface area contributed by atoms with Crippen molar-refractivity contribution in [2.45, 2.75) is 59.7 Å². The summed E-state index contributed by atoms with van der Waals surface area (Å²) in [5.41, 5.74) is 2.30. The number of benzene rings is 1. The van der Waals surface area contributed by atoms with Crippen molar-refractivity contribution >= 4 is 6.29 Å². The number of hydrogen-bond acceptors (Lipinski definition) is 4. The quantitative estimate of drug-likeness (QED) is 0.660. The second kappa shape index (κ2) is 8.95. The third-order valence-corrected chi connectivity index (χ3v) is 4.95. The number of aldehydes is 1. The molecule has 0 spiro atoms. The molecule has 0 amide bonds. The van der Waals surface area contributed by atoms with Gasteiger partial charge in [0.1, 0.15) is 17.8 Å². The molecule has 0 bridgehead atoms. The molecule has 2 rings (SSSR count). The smallest absolute Gasteiger partial charge is 0.191 e. The van der Waals surface area contributed by atoms with Gasteiger partial charge in [0, 0.05) is 29.4 Å². The summed E-state index contributed by atoms with van der Waals surface area (Å²) in [5.74, 6) is 0.787. The van der Waals surface area contributed by atoms with E-state index < -0.39 is 0 Å².